The van der Waals surface area contributed by atoms with E-state index in [1.165, 1.54) is 0 Å². The fraction of sp³-hybridized carbons (Fsp3) is 0.650. The standard InChI is InChI=1S/C20H29FN2O2/c1-14-4-5-17(9-19(14)21)8-18-6-7-22(12-18)13-20(24)23-10-15(2)25-16(3)11-23/h4-5,9,15-16,18H,6-8,10-13H2,1-3H3/t15-,16+,18?. The minimum absolute atomic E-state index is 0.107. The van der Waals surface area contributed by atoms with Crippen LogP contribution in [0.5, 0.6) is 0 Å². The first kappa shape index (κ1) is 18.3. The Morgan fingerprint density at radius 1 is 1.24 bits per heavy atom. The number of halogens is 1. The first-order valence-corrected chi connectivity index (χ1v) is 9.31. The minimum atomic E-state index is -0.127. The highest BCUT2D eigenvalue weighted by Crippen LogP contribution is 2.22. The van der Waals surface area contributed by atoms with Gasteiger partial charge in [-0.3, -0.25) is 9.69 Å². The monoisotopic (exact) mass is 348 g/mol. The van der Waals surface area contributed by atoms with Crippen LogP contribution in [0.1, 0.15) is 31.4 Å². The first-order valence-electron chi connectivity index (χ1n) is 9.31. The summed E-state index contributed by atoms with van der Waals surface area (Å²) in [5, 5.41) is 0. The summed E-state index contributed by atoms with van der Waals surface area (Å²) in [7, 11) is 0. The second-order valence-corrected chi connectivity index (χ2v) is 7.73. The molecule has 3 rings (SSSR count). The number of benzene rings is 1. The van der Waals surface area contributed by atoms with Gasteiger partial charge in [0, 0.05) is 19.6 Å². The number of carbonyl (C=O) groups excluding carboxylic acids is 1. The van der Waals surface area contributed by atoms with Crippen LogP contribution in [-0.2, 0) is 16.0 Å². The molecule has 0 saturated carbocycles. The van der Waals surface area contributed by atoms with E-state index in [9.17, 15) is 9.18 Å². The Morgan fingerprint density at radius 3 is 2.64 bits per heavy atom. The van der Waals surface area contributed by atoms with Gasteiger partial charge >= 0.3 is 0 Å². The van der Waals surface area contributed by atoms with Gasteiger partial charge in [-0.2, -0.15) is 0 Å². The fourth-order valence-corrected chi connectivity index (χ4v) is 3.99. The third-order valence-corrected chi connectivity index (χ3v) is 5.26. The quantitative estimate of drug-likeness (QED) is 0.839. The van der Waals surface area contributed by atoms with E-state index >= 15 is 0 Å². The maximum Gasteiger partial charge on any atom is 0.236 e. The van der Waals surface area contributed by atoms with Gasteiger partial charge in [0.25, 0.3) is 0 Å². The second-order valence-electron chi connectivity index (χ2n) is 7.73. The maximum absolute atomic E-state index is 13.7. The molecule has 1 unspecified atom stereocenters. The van der Waals surface area contributed by atoms with Gasteiger partial charge in [-0.05, 0) is 63.3 Å². The van der Waals surface area contributed by atoms with E-state index in [-0.39, 0.29) is 23.9 Å². The normalized spacial score (nSPS) is 27.7. The van der Waals surface area contributed by atoms with Crippen molar-refractivity contribution in [2.45, 2.75) is 45.8 Å². The van der Waals surface area contributed by atoms with Crippen LogP contribution >= 0.6 is 0 Å². The Morgan fingerprint density at radius 2 is 1.96 bits per heavy atom. The van der Waals surface area contributed by atoms with Crippen molar-refractivity contribution in [3.05, 3.63) is 35.1 Å². The molecule has 2 fully saturated rings. The molecule has 0 N–H and O–H groups in total. The lowest BCUT2D eigenvalue weighted by Gasteiger charge is -2.36. The van der Waals surface area contributed by atoms with Gasteiger partial charge in [0.15, 0.2) is 0 Å². The van der Waals surface area contributed by atoms with Crippen LogP contribution in [0.15, 0.2) is 18.2 Å². The predicted octanol–water partition coefficient (Wildman–Crippen LogP) is 2.63. The zero-order valence-corrected chi connectivity index (χ0v) is 15.5. The number of morpholine rings is 1. The predicted molar refractivity (Wildman–Crippen MR) is 96.0 cm³/mol. The summed E-state index contributed by atoms with van der Waals surface area (Å²) in [6.45, 7) is 9.53. The van der Waals surface area contributed by atoms with Gasteiger partial charge in [0.2, 0.25) is 5.91 Å². The number of likely N-dealkylation sites (tertiary alicyclic amines) is 1. The molecule has 5 heteroatoms. The molecule has 2 saturated heterocycles. The van der Waals surface area contributed by atoms with Crippen LogP contribution in [0.25, 0.3) is 0 Å². The first-order chi connectivity index (χ1) is 11.9. The molecule has 0 bridgehead atoms. The molecule has 0 aliphatic carbocycles. The molecule has 2 aliphatic rings. The van der Waals surface area contributed by atoms with E-state index < -0.39 is 0 Å². The Bertz CT molecular complexity index is 612. The lowest BCUT2D eigenvalue weighted by molar-refractivity contribution is -0.144. The maximum atomic E-state index is 13.7. The van der Waals surface area contributed by atoms with Gasteiger partial charge in [-0.1, -0.05) is 12.1 Å². The third-order valence-electron chi connectivity index (χ3n) is 5.26. The summed E-state index contributed by atoms with van der Waals surface area (Å²) in [6, 6.07) is 5.52. The van der Waals surface area contributed by atoms with Crippen LogP contribution < -0.4 is 0 Å². The highest BCUT2D eigenvalue weighted by molar-refractivity contribution is 5.78. The molecular formula is C20H29FN2O2. The number of nitrogens with zero attached hydrogens (tertiary/aromatic N) is 2. The van der Waals surface area contributed by atoms with Crippen molar-refractivity contribution in [3.8, 4) is 0 Å². The highest BCUT2D eigenvalue weighted by Gasteiger charge is 2.29. The minimum Gasteiger partial charge on any atom is -0.372 e. The number of carbonyl (C=O) groups is 1. The molecule has 1 amide bonds. The van der Waals surface area contributed by atoms with Crippen molar-refractivity contribution in [2.75, 3.05) is 32.7 Å². The zero-order valence-electron chi connectivity index (χ0n) is 15.5. The van der Waals surface area contributed by atoms with E-state index in [1.54, 1.807) is 13.0 Å². The number of hydrogen-bond acceptors (Lipinski definition) is 3. The molecule has 2 aliphatic heterocycles. The molecule has 0 radical (unpaired) electrons. The van der Waals surface area contributed by atoms with Crippen LogP contribution in [0.3, 0.4) is 0 Å². The average Bonchev–Trinajstić information content (AvgIpc) is 2.97. The van der Waals surface area contributed by atoms with Gasteiger partial charge in [0.05, 0.1) is 18.8 Å². The molecule has 0 spiro atoms. The number of ether oxygens (including phenoxy) is 1. The van der Waals surface area contributed by atoms with Gasteiger partial charge in [-0.25, -0.2) is 4.39 Å². The Labute approximate surface area is 149 Å². The molecule has 25 heavy (non-hydrogen) atoms. The van der Waals surface area contributed by atoms with E-state index in [0.717, 1.165) is 31.5 Å². The van der Waals surface area contributed by atoms with E-state index in [0.29, 0.717) is 31.1 Å². The van der Waals surface area contributed by atoms with E-state index in [1.807, 2.05) is 30.9 Å². The summed E-state index contributed by atoms with van der Waals surface area (Å²) in [4.78, 5) is 16.7. The van der Waals surface area contributed by atoms with Crippen molar-refractivity contribution in [3.63, 3.8) is 0 Å². The van der Waals surface area contributed by atoms with E-state index in [4.69, 9.17) is 4.74 Å². The SMILES string of the molecule is Cc1ccc(CC2CCN(CC(=O)N3C[C@@H](C)O[C@@H](C)C3)C2)cc1F. The smallest absolute Gasteiger partial charge is 0.236 e. The number of hydrogen-bond donors (Lipinski definition) is 0. The van der Waals surface area contributed by atoms with E-state index in [2.05, 4.69) is 4.90 Å². The Balaban J connectivity index is 1.49. The summed E-state index contributed by atoms with van der Waals surface area (Å²) in [6.07, 6.45) is 2.16. The lowest BCUT2D eigenvalue weighted by Crippen LogP contribution is -2.50. The van der Waals surface area contributed by atoms with Crippen molar-refractivity contribution in [1.82, 2.24) is 9.80 Å². The topological polar surface area (TPSA) is 32.8 Å². The second kappa shape index (κ2) is 7.83. The number of aryl methyl sites for hydroxylation is 1. The van der Waals surface area contributed by atoms with Gasteiger partial charge in [0.1, 0.15) is 5.82 Å². The molecule has 138 valence electrons. The van der Waals surface area contributed by atoms with Crippen molar-refractivity contribution in [1.29, 1.82) is 0 Å². The summed E-state index contributed by atoms with van der Waals surface area (Å²) in [5.41, 5.74) is 1.74. The lowest BCUT2D eigenvalue weighted by atomic mass is 9.98. The molecule has 1 aromatic carbocycles. The molecule has 1 aromatic rings. The van der Waals surface area contributed by atoms with Gasteiger partial charge in [-0.15, -0.1) is 0 Å². The Hall–Kier alpha value is -1.46. The van der Waals surface area contributed by atoms with Crippen LogP contribution in [0.4, 0.5) is 4.39 Å². The number of rotatable bonds is 4. The Kier molecular flexibility index (Phi) is 5.74. The van der Waals surface area contributed by atoms with Crippen molar-refractivity contribution < 1.29 is 13.9 Å². The van der Waals surface area contributed by atoms with Crippen molar-refractivity contribution >= 4 is 5.91 Å². The number of amides is 1. The van der Waals surface area contributed by atoms with Gasteiger partial charge < -0.3 is 9.64 Å². The molecule has 4 nitrogen and oxygen atoms in total. The van der Waals surface area contributed by atoms with Crippen LogP contribution in [0, 0.1) is 18.7 Å². The summed E-state index contributed by atoms with van der Waals surface area (Å²) < 4.78 is 19.4. The summed E-state index contributed by atoms with van der Waals surface area (Å²) in [5.74, 6) is 0.569. The van der Waals surface area contributed by atoms with Crippen LogP contribution in [-0.4, -0.2) is 60.6 Å². The third kappa shape index (κ3) is 4.79. The highest BCUT2D eigenvalue weighted by atomic mass is 19.1. The molecular weight excluding hydrogens is 319 g/mol. The summed E-state index contributed by atoms with van der Waals surface area (Å²) >= 11 is 0. The molecule has 2 heterocycles. The fourth-order valence-electron chi connectivity index (χ4n) is 3.99. The largest absolute Gasteiger partial charge is 0.372 e. The average molecular weight is 348 g/mol. The van der Waals surface area contributed by atoms with Crippen LogP contribution in [0.2, 0.25) is 0 Å². The molecule has 3 atom stereocenters. The zero-order chi connectivity index (χ0) is 18.0. The van der Waals surface area contributed by atoms with Crippen molar-refractivity contribution in [2.24, 2.45) is 5.92 Å². The molecule has 0 aromatic heterocycles.